The Morgan fingerprint density at radius 2 is 1.68 bits per heavy atom. The lowest BCUT2D eigenvalue weighted by molar-refractivity contribution is 0.527. The lowest BCUT2D eigenvalue weighted by atomic mass is 9.99. The number of hydrogen-bond donors (Lipinski definition) is 1. The van der Waals surface area contributed by atoms with Crippen molar-refractivity contribution in [2.24, 2.45) is 0 Å². The second-order valence-corrected chi connectivity index (χ2v) is 5.23. The van der Waals surface area contributed by atoms with E-state index in [1.807, 2.05) is 18.2 Å². The van der Waals surface area contributed by atoms with Gasteiger partial charge in [-0.25, -0.2) is 4.39 Å². The predicted molar refractivity (Wildman–Crippen MR) is 75.4 cm³/mol. The zero-order chi connectivity index (χ0) is 13.1. The van der Waals surface area contributed by atoms with Gasteiger partial charge in [-0.3, -0.25) is 0 Å². The molecule has 0 bridgehead atoms. The van der Waals surface area contributed by atoms with E-state index in [2.05, 4.69) is 29.6 Å². The maximum atomic E-state index is 13.0. The second-order valence-electron chi connectivity index (χ2n) is 5.23. The maximum absolute atomic E-state index is 13.0. The molecule has 1 aliphatic carbocycles. The van der Waals surface area contributed by atoms with Crippen molar-refractivity contribution in [3.63, 3.8) is 0 Å². The molecule has 2 aromatic carbocycles. The Labute approximate surface area is 113 Å². The first kappa shape index (κ1) is 12.4. The van der Waals surface area contributed by atoms with Gasteiger partial charge in [0.25, 0.3) is 0 Å². The van der Waals surface area contributed by atoms with Crippen molar-refractivity contribution >= 4 is 0 Å². The first-order valence-corrected chi connectivity index (χ1v) is 6.87. The third kappa shape index (κ3) is 3.42. The van der Waals surface area contributed by atoms with Crippen molar-refractivity contribution in [3.05, 3.63) is 71.5 Å². The van der Waals surface area contributed by atoms with Gasteiger partial charge < -0.3 is 5.32 Å². The van der Waals surface area contributed by atoms with Crippen LogP contribution in [0.3, 0.4) is 0 Å². The molecular formula is C17H18FN. The van der Waals surface area contributed by atoms with Crippen molar-refractivity contribution in [1.82, 2.24) is 5.32 Å². The zero-order valence-electron chi connectivity index (χ0n) is 10.9. The van der Waals surface area contributed by atoms with E-state index in [-0.39, 0.29) is 5.82 Å². The molecule has 2 heteroatoms. The quantitative estimate of drug-likeness (QED) is 0.855. The fourth-order valence-corrected chi connectivity index (χ4v) is 2.35. The van der Waals surface area contributed by atoms with Gasteiger partial charge in [0.15, 0.2) is 0 Å². The van der Waals surface area contributed by atoms with E-state index >= 15 is 0 Å². The molecule has 1 N–H and O–H groups in total. The molecule has 0 aliphatic heterocycles. The molecule has 3 rings (SSSR count). The monoisotopic (exact) mass is 255 g/mol. The molecule has 1 atom stereocenters. The van der Waals surface area contributed by atoms with Crippen LogP contribution in [0.4, 0.5) is 4.39 Å². The van der Waals surface area contributed by atoms with E-state index in [9.17, 15) is 4.39 Å². The van der Waals surface area contributed by atoms with Gasteiger partial charge in [0.1, 0.15) is 5.82 Å². The topological polar surface area (TPSA) is 12.0 Å². The Hall–Kier alpha value is -1.67. The predicted octanol–water partition coefficient (Wildman–Crippen LogP) is 3.86. The lowest BCUT2D eigenvalue weighted by Gasteiger charge is -2.19. The minimum absolute atomic E-state index is 0.171. The minimum Gasteiger partial charge on any atom is -0.307 e. The highest BCUT2D eigenvalue weighted by atomic mass is 19.1. The molecule has 0 heterocycles. The molecule has 98 valence electrons. The average molecular weight is 255 g/mol. The van der Waals surface area contributed by atoms with E-state index in [1.54, 1.807) is 0 Å². The summed E-state index contributed by atoms with van der Waals surface area (Å²) in [5.41, 5.74) is 2.47. The third-order valence-corrected chi connectivity index (χ3v) is 3.57. The van der Waals surface area contributed by atoms with Crippen LogP contribution in [-0.2, 0) is 6.42 Å². The molecule has 1 nitrogen and oxygen atoms in total. The largest absolute Gasteiger partial charge is 0.307 e. The summed E-state index contributed by atoms with van der Waals surface area (Å²) in [6.45, 7) is 0. The number of rotatable bonds is 5. The average Bonchev–Trinajstić information content (AvgIpc) is 3.26. The minimum atomic E-state index is -0.171. The van der Waals surface area contributed by atoms with Gasteiger partial charge in [-0.1, -0.05) is 42.5 Å². The molecule has 0 saturated heterocycles. The van der Waals surface area contributed by atoms with E-state index < -0.39 is 0 Å². The Bertz CT molecular complexity index is 517. The summed E-state index contributed by atoms with van der Waals surface area (Å²) >= 11 is 0. The lowest BCUT2D eigenvalue weighted by Crippen LogP contribution is -2.25. The highest BCUT2D eigenvalue weighted by Crippen LogP contribution is 2.26. The molecule has 2 aromatic rings. The molecule has 19 heavy (non-hydrogen) atoms. The van der Waals surface area contributed by atoms with Crippen molar-refractivity contribution < 1.29 is 4.39 Å². The molecule has 0 spiro atoms. The summed E-state index contributed by atoms with van der Waals surface area (Å²) in [4.78, 5) is 0. The fourth-order valence-electron chi connectivity index (χ4n) is 2.35. The van der Waals surface area contributed by atoms with Crippen LogP contribution in [-0.4, -0.2) is 6.04 Å². The van der Waals surface area contributed by atoms with E-state index in [1.165, 1.54) is 36.1 Å². The Kier molecular flexibility index (Phi) is 3.60. The standard InChI is InChI=1S/C17H18FN/c18-15-8-6-13(7-9-15)12-17(19-16-10-11-16)14-4-2-1-3-5-14/h1-9,16-17,19H,10-12H2. The van der Waals surface area contributed by atoms with Gasteiger partial charge in [-0.2, -0.15) is 0 Å². The second kappa shape index (κ2) is 5.54. The van der Waals surface area contributed by atoms with E-state index in [0.717, 1.165) is 6.42 Å². The van der Waals surface area contributed by atoms with Crippen LogP contribution in [0, 0.1) is 5.82 Å². The molecule has 1 unspecified atom stereocenters. The normalized spacial score (nSPS) is 16.3. The highest BCUT2D eigenvalue weighted by Gasteiger charge is 2.25. The molecule has 1 saturated carbocycles. The van der Waals surface area contributed by atoms with Gasteiger partial charge in [-0.05, 0) is 42.5 Å². The van der Waals surface area contributed by atoms with Gasteiger partial charge in [0.2, 0.25) is 0 Å². The van der Waals surface area contributed by atoms with Gasteiger partial charge in [0, 0.05) is 12.1 Å². The van der Waals surface area contributed by atoms with Gasteiger partial charge >= 0.3 is 0 Å². The first-order valence-electron chi connectivity index (χ1n) is 6.87. The first-order chi connectivity index (χ1) is 9.31. The van der Waals surface area contributed by atoms with Gasteiger partial charge in [0.05, 0.1) is 0 Å². The van der Waals surface area contributed by atoms with Crippen LogP contribution in [0.2, 0.25) is 0 Å². The fraction of sp³-hybridized carbons (Fsp3) is 0.294. The smallest absolute Gasteiger partial charge is 0.123 e. The molecular weight excluding hydrogens is 237 g/mol. The van der Waals surface area contributed by atoms with Crippen LogP contribution in [0.5, 0.6) is 0 Å². The summed E-state index contributed by atoms with van der Waals surface area (Å²) in [5, 5.41) is 3.68. The van der Waals surface area contributed by atoms with Crippen LogP contribution >= 0.6 is 0 Å². The number of hydrogen-bond acceptors (Lipinski definition) is 1. The maximum Gasteiger partial charge on any atom is 0.123 e. The summed E-state index contributed by atoms with van der Waals surface area (Å²) in [5.74, 6) is -0.171. The summed E-state index contributed by atoms with van der Waals surface area (Å²) in [6.07, 6.45) is 3.44. The van der Waals surface area contributed by atoms with E-state index in [4.69, 9.17) is 0 Å². The Morgan fingerprint density at radius 1 is 1.00 bits per heavy atom. The van der Waals surface area contributed by atoms with Crippen molar-refractivity contribution in [2.45, 2.75) is 31.3 Å². The van der Waals surface area contributed by atoms with Crippen molar-refractivity contribution in [2.75, 3.05) is 0 Å². The molecule has 1 aliphatic rings. The highest BCUT2D eigenvalue weighted by molar-refractivity contribution is 5.24. The Balaban J connectivity index is 1.77. The number of benzene rings is 2. The van der Waals surface area contributed by atoms with Crippen molar-refractivity contribution in [3.8, 4) is 0 Å². The summed E-state index contributed by atoms with van der Waals surface area (Å²) in [7, 11) is 0. The number of nitrogens with one attached hydrogen (secondary N) is 1. The van der Waals surface area contributed by atoms with Gasteiger partial charge in [-0.15, -0.1) is 0 Å². The van der Waals surface area contributed by atoms with Crippen LogP contribution in [0.1, 0.15) is 30.0 Å². The third-order valence-electron chi connectivity index (χ3n) is 3.57. The summed E-state index contributed by atoms with van der Waals surface area (Å²) < 4.78 is 13.0. The zero-order valence-corrected chi connectivity index (χ0v) is 10.9. The van der Waals surface area contributed by atoms with Crippen molar-refractivity contribution in [1.29, 1.82) is 0 Å². The summed E-state index contributed by atoms with van der Waals surface area (Å²) in [6, 6.07) is 18.3. The SMILES string of the molecule is Fc1ccc(CC(NC2CC2)c2ccccc2)cc1. The van der Waals surface area contributed by atoms with Crippen LogP contribution in [0.25, 0.3) is 0 Å². The molecule has 0 radical (unpaired) electrons. The van der Waals surface area contributed by atoms with E-state index in [0.29, 0.717) is 12.1 Å². The molecule has 0 amide bonds. The molecule has 0 aromatic heterocycles. The number of halogens is 1. The van der Waals surface area contributed by atoms with Crippen LogP contribution in [0.15, 0.2) is 54.6 Å². The molecule has 1 fully saturated rings. The Morgan fingerprint density at radius 3 is 2.32 bits per heavy atom. The van der Waals surface area contributed by atoms with Crippen LogP contribution < -0.4 is 5.32 Å².